The SMILES string of the molecule is C=CCn1ncc(NCCC2CCCNC2)c(Br)c1=O. The van der Waals surface area contributed by atoms with Gasteiger partial charge >= 0.3 is 0 Å². The van der Waals surface area contributed by atoms with Crippen molar-refractivity contribution in [2.75, 3.05) is 25.0 Å². The fourth-order valence-electron chi connectivity index (χ4n) is 2.42. The highest BCUT2D eigenvalue weighted by Gasteiger charge is 2.13. The summed E-state index contributed by atoms with van der Waals surface area (Å²) in [6, 6.07) is 0. The molecule has 5 nitrogen and oxygen atoms in total. The summed E-state index contributed by atoms with van der Waals surface area (Å²) in [5.41, 5.74) is 0.633. The van der Waals surface area contributed by atoms with Gasteiger partial charge in [-0.2, -0.15) is 5.10 Å². The van der Waals surface area contributed by atoms with Gasteiger partial charge in [-0.1, -0.05) is 6.08 Å². The number of aromatic nitrogens is 2. The molecule has 1 aliphatic rings. The fourth-order valence-corrected chi connectivity index (χ4v) is 2.87. The van der Waals surface area contributed by atoms with Crippen molar-refractivity contribution in [3.05, 3.63) is 33.7 Å². The van der Waals surface area contributed by atoms with Gasteiger partial charge in [-0.15, -0.1) is 6.58 Å². The molecule has 1 unspecified atom stereocenters. The second-order valence-corrected chi connectivity index (χ2v) is 5.87. The number of piperidine rings is 1. The van der Waals surface area contributed by atoms with Crippen LogP contribution < -0.4 is 16.2 Å². The van der Waals surface area contributed by atoms with E-state index in [4.69, 9.17) is 0 Å². The molecular formula is C14H21BrN4O. The number of nitrogens with zero attached hydrogens (tertiary/aromatic N) is 2. The predicted molar refractivity (Wildman–Crippen MR) is 85.1 cm³/mol. The van der Waals surface area contributed by atoms with Crippen LogP contribution in [0.15, 0.2) is 28.1 Å². The molecule has 0 aromatic carbocycles. The molecule has 1 fully saturated rings. The van der Waals surface area contributed by atoms with E-state index in [1.165, 1.54) is 17.5 Å². The molecule has 0 radical (unpaired) electrons. The molecule has 110 valence electrons. The van der Waals surface area contributed by atoms with E-state index in [-0.39, 0.29) is 5.56 Å². The van der Waals surface area contributed by atoms with Gasteiger partial charge in [-0.05, 0) is 54.2 Å². The third-order valence-electron chi connectivity index (χ3n) is 3.55. The predicted octanol–water partition coefficient (Wildman–Crippen LogP) is 1.99. The zero-order valence-corrected chi connectivity index (χ0v) is 13.2. The zero-order chi connectivity index (χ0) is 14.4. The van der Waals surface area contributed by atoms with Gasteiger partial charge < -0.3 is 10.6 Å². The highest BCUT2D eigenvalue weighted by molar-refractivity contribution is 9.10. The van der Waals surface area contributed by atoms with Crippen LogP contribution in [0.25, 0.3) is 0 Å². The van der Waals surface area contributed by atoms with Crippen molar-refractivity contribution < 1.29 is 0 Å². The first-order valence-electron chi connectivity index (χ1n) is 7.03. The van der Waals surface area contributed by atoms with E-state index < -0.39 is 0 Å². The maximum absolute atomic E-state index is 12.0. The average Bonchev–Trinajstić information content (AvgIpc) is 2.48. The Morgan fingerprint density at radius 1 is 1.65 bits per heavy atom. The molecule has 0 spiro atoms. The first-order chi connectivity index (χ1) is 9.72. The molecule has 6 heteroatoms. The molecule has 0 aliphatic carbocycles. The molecule has 1 aromatic heterocycles. The number of hydrogen-bond donors (Lipinski definition) is 2. The van der Waals surface area contributed by atoms with Gasteiger partial charge in [-0.25, -0.2) is 4.68 Å². The highest BCUT2D eigenvalue weighted by Crippen LogP contribution is 2.18. The lowest BCUT2D eigenvalue weighted by atomic mass is 9.96. The van der Waals surface area contributed by atoms with Crippen molar-refractivity contribution in [2.45, 2.75) is 25.8 Å². The molecule has 1 aliphatic heterocycles. The number of nitrogens with one attached hydrogen (secondary N) is 2. The van der Waals surface area contributed by atoms with Gasteiger partial charge in [0, 0.05) is 6.54 Å². The summed E-state index contributed by atoms with van der Waals surface area (Å²) in [6.45, 7) is 7.13. The molecule has 2 rings (SSSR count). The monoisotopic (exact) mass is 340 g/mol. The average molecular weight is 341 g/mol. The van der Waals surface area contributed by atoms with E-state index in [1.54, 1.807) is 12.3 Å². The maximum atomic E-state index is 12.0. The highest BCUT2D eigenvalue weighted by atomic mass is 79.9. The van der Waals surface area contributed by atoms with Crippen LogP contribution in [-0.2, 0) is 6.54 Å². The van der Waals surface area contributed by atoms with Gasteiger partial charge in [0.1, 0.15) is 4.47 Å². The molecule has 1 aromatic rings. The van der Waals surface area contributed by atoms with Crippen LogP contribution in [-0.4, -0.2) is 29.4 Å². The first kappa shape index (κ1) is 15.3. The molecule has 1 atom stereocenters. The Labute approximate surface area is 127 Å². The normalized spacial score (nSPS) is 18.8. The lowest BCUT2D eigenvalue weighted by Gasteiger charge is -2.22. The lowest BCUT2D eigenvalue weighted by Crippen LogP contribution is -2.31. The van der Waals surface area contributed by atoms with Crippen molar-refractivity contribution in [1.82, 2.24) is 15.1 Å². The van der Waals surface area contributed by atoms with Crippen molar-refractivity contribution in [3.63, 3.8) is 0 Å². The summed E-state index contributed by atoms with van der Waals surface area (Å²) >= 11 is 3.34. The summed E-state index contributed by atoms with van der Waals surface area (Å²) < 4.78 is 1.92. The molecule has 20 heavy (non-hydrogen) atoms. The zero-order valence-electron chi connectivity index (χ0n) is 11.6. The van der Waals surface area contributed by atoms with Gasteiger partial charge in [0.25, 0.3) is 5.56 Å². The van der Waals surface area contributed by atoms with Gasteiger partial charge in [0.2, 0.25) is 0 Å². The number of anilines is 1. The third kappa shape index (κ3) is 3.93. The van der Waals surface area contributed by atoms with E-state index in [0.717, 1.165) is 37.7 Å². The van der Waals surface area contributed by atoms with Crippen molar-refractivity contribution in [1.29, 1.82) is 0 Å². The quantitative estimate of drug-likeness (QED) is 0.777. The van der Waals surface area contributed by atoms with E-state index in [0.29, 0.717) is 11.0 Å². The molecular weight excluding hydrogens is 320 g/mol. The summed E-state index contributed by atoms with van der Waals surface area (Å²) in [7, 11) is 0. The smallest absolute Gasteiger partial charge is 0.283 e. The molecule has 1 saturated heterocycles. The summed E-state index contributed by atoms with van der Waals surface area (Å²) in [6.07, 6.45) is 7.00. The van der Waals surface area contributed by atoms with E-state index >= 15 is 0 Å². The van der Waals surface area contributed by atoms with Crippen molar-refractivity contribution in [3.8, 4) is 0 Å². The maximum Gasteiger partial charge on any atom is 0.283 e. The topological polar surface area (TPSA) is 59.0 Å². The molecule has 0 bridgehead atoms. The van der Waals surface area contributed by atoms with Crippen LogP contribution in [0.5, 0.6) is 0 Å². The Kier molecular flexibility index (Phi) is 5.79. The number of allylic oxidation sites excluding steroid dienone is 1. The first-order valence-corrected chi connectivity index (χ1v) is 7.82. The van der Waals surface area contributed by atoms with Crippen molar-refractivity contribution in [2.24, 2.45) is 5.92 Å². The third-order valence-corrected chi connectivity index (χ3v) is 4.32. The Hall–Kier alpha value is -1.14. The van der Waals surface area contributed by atoms with E-state index in [1.807, 2.05) is 0 Å². The molecule has 2 N–H and O–H groups in total. The number of hydrogen-bond acceptors (Lipinski definition) is 4. The van der Waals surface area contributed by atoms with Crippen LogP contribution in [0.4, 0.5) is 5.69 Å². The number of rotatable bonds is 6. The number of halogens is 1. The van der Waals surface area contributed by atoms with Crippen LogP contribution in [0.3, 0.4) is 0 Å². The largest absolute Gasteiger partial charge is 0.383 e. The Balaban J connectivity index is 1.91. The van der Waals surface area contributed by atoms with Gasteiger partial charge in [0.05, 0.1) is 18.4 Å². The molecule has 2 heterocycles. The van der Waals surface area contributed by atoms with E-state index in [2.05, 4.69) is 38.2 Å². The Morgan fingerprint density at radius 3 is 3.20 bits per heavy atom. The Morgan fingerprint density at radius 2 is 2.50 bits per heavy atom. The standard InChI is InChI=1S/C14H21BrN4O/c1-2-8-19-14(20)13(15)12(10-18-19)17-7-5-11-4-3-6-16-9-11/h2,10-11,16-17H,1,3-9H2. The summed E-state index contributed by atoms with van der Waals surface area (Å²) in [4.78, 5) is 12.0. The molecule has 0 saturated carbocycles. The minimum atomic E-state index is -0.130. The fraction of sp³-hybridized carbons (Fsp3) is 0.571. The van der Waals surface area contributed by atoms with Crippen molar-refractivity contribution >= 4 is 21.6 Å². The minimum Gasteiger partial charge on any atom is -0.383 e. The Bertz CT molecular complexity index is 508. The summed E-state index contributed by atoms with van der Waals surface area (Å²) in [5.74, 6) is 0.726. The lowest BCUT2D eigenvalue weighted by molar-refractivity contribution is 0.364. The molecule has 0 amide bonds. The van der Waals surface area contributed by atoms with Crippen LogP contribution in [0.1, 0.15) is 19.3 Å². The second kappa shape index (κ2) is 7.59. The van der Waals surface area contributed by atoms with Crippen LogP contribution in [0, 0.1) is 5.92 Å². The van der Waals surface area contributed by atoms with Gasteiger partial charge in [-0.3, -0.25) is 4.79 Å². The van der Waals surface area contributed by atoms with Crippen LogP contribution in [0.2, 0.25) is 0 Å². The van der Waals surface area contributed by atoms with E-state index in [9.17, 15) is 4.79 Å². The second-order valence-electron chi connectivity index (χ2n) is 5.08. The van der Waals surface area contributed by atoms with Crippen LogP contribution >= 0.6 is 15.9 Å². The summed E-state index contributed by atoms with van der Waals surface area (Å²) in [5, 5.41) is 10.8. The van der Waals surface area contributed by atoms with Gasteiger partial charge in [0.15, 0.2) is 0 Å². The minimum absolute atomic E-state index is 0.130.